The van der Waals surface area contributed by atoms with Gasteiger partial charge in [-0.3, -0.25) is 0 Å². The molecule has 48 heavy (non-hydrogen) atoms. The number of para-hydroxylation sites is 1. The van der Waals surface area contributed by atoms with Crippen molar-refractivity contribution < 1.29 is 23.6 Å². The lowest BCUT2D eigenvalue weighted by Gasteiger charge is -2.21. The average Bonchev–Trinajstić information content (AvgIpc) is 3.73. The molecular formula is C40H35B2NO5. The van der Waals surface area contributed by atoms with Gasteiger partial charge in [0.05, 0.1) is 0 Å². The second-order valence-electron chi connectivity index (χ2n) is 12.6. The van der Waals surface area contributed by atoms with Gasteiger partial charge in [-0.25, -0.2) is 0 Å². The predicted octanol–water partition coefficient (Wildman–Crippen LogP) is 9.61. The molecule has 0 saturated heterocycles. The summed E-state index contributed by atoms with van der Waals surface area (Å²) in [7, 11) is -0.512. The maximum atomic E-state index is 6.76. The van der Waals surface area contributed by atoms with E-state index >= 15 is 0 Å². The number of nitrogens with zero attached hydrogens (tertiary/aromatic N) is 1. The summed E-state index contributed by atoms with van der Waals surface area (Å²) >= 11 is 0. The molecule has 0 aliphatic carbocycles. The summed E-state index contributed by atoms with van der Waals surface area (Å²) in [6.45, 7) is 10.5. The topological polar surface area (TPSA) is 49.4 Å². The Morgan fingerprint density at radius 1 is 0.708 bits per heavy atom. The minimum absolute atomic E-state index is 0.128. The number of anilines is 1. The van der Waals surface area contributed by atoms with Crippen molar-refractivity contribution in [1.29, 1.82) is 0 Å². The fourth-order valence-electron chi connectivity index (χ4n) is 6.70. The number of allylic oxidation sites excluding steroid dienone is 4. The molecule has 8 rings (SSSR count). The van der Waals surface area contributed by atoms with Gasteiger partial charge in [0.1, 0.15) is 22.9 Å². The van der Waals surface area contributed by atoms with Gasteiger partial charge in [-0.05, 0) is 124 Å². The first-order chi connectivity index (χ1) is 23.4. The van der Waals surface area contributed by atoms with E-state index in [4.69, 9.17) is 23.6 Å². The van der Waals surface area contributed by atoms with Crippen LogP contribution in [-0.4, -0.2) is 14.0 Å². The Labute approximate surface area is 281 Å². The van der Waals surface area contributed by atoms with E-state index in [0.29, 0.717) is 17.2 Å². The van der Waals surface area contributed by atoms with Crippen molar-refractivity contribution in [3.05, 3.63) is 126 Å². The second kappa shape index (κ2) is 11.9. The number of fused-ring (bicyclic) bond motifs is 8. The van der Waals surface area contributed by atoms with Crippen LogP contribution in [0.25, 0.3) is 32.3 Å². The molecule has 0 amide bonds. The van der Waals surface area contributed by atoms with Crippen molar-refractivity contribution in [2.75, 3.05) is 5.23 Å². The molecule has 8 heteroatoms. The smallest absolute Gasteiger partial charge is 0.556 e. The third-order valence-electron chi connectivity index (χ3n) is 9.15. The lowest BCUT2D eigenvalue weighted by Crippen LogP contribution is -2.38. The second-order valence-corrected chi connectivity index (χ2v) is 12.6. The van der Waals surface area contributed by atoms with E-state index < -0.39 is 7.12 Å². The van der Waals surface area contributed by atoms with E-state index in [-0.39, 0.29) is 12.8 Å². The van der Waals surface area contributed by atoms with E-state index in [1.807, 2.05) is 80.6 Å². The van der Waals surface area contributed by atoms with Crippen molar-refractivity contribution in [2.45, 2.75) is 40.4 Å². The van der Waals surface area contributed by atoms with Crippen LogP contribution in [0.15, 0.2) is 121 Å². The minimum atomic E-state index is -0.512. The maximum absolute atomic E-state index is 6.76. The lowest BCUT2D eigenvalue weighted by molar-refractivity contribution is 0.123. The molecule has 0 radical (unpaired) electrons. The van der Waals surface area contributed by atoms with Gasteiger partial charge in [-0.1, -0.05) is 80.6 Å². The van der Waals surface area contributed by atoms with E-state index in [1.165, 1.54) is 5.23 Å². The molecule has 6 aromatic rings. The minimum Gasteiger partial charge on any atom is -0.556 e. The molecule has 0 spiro atoms. The van der Waals surface area contributed by atoms with Crippen molar-refractivity contribution in [1.82, 2.24) is 0 Å². The van der Waals surface area contributed by atoms with Crippen LogP contribution in [0.1, 0.15) is 39.2 Å². The number of hydrogen-bond acceptors (Lipinski definition) is 6. The van der Waals surface area contributed by atoms with Crippen LogP contribution in [0.5, 0.6) is 28.7 Å². The van der Waals surface area contributed by atoms with Crippen LogP contribution >= 0.6 is 0 Å². The highest BCUT2D eigenvalue weighted by molar-refractivity contribution is 6.63. The quantitative estimate of drug-likeness (QED) is 0.0994. The third kappa shape index (κ3) is 5.09. The Morgan fingerprint density at radius 2 is 1.23 bits per heavy atom. The summed E-state index contributed by atoms with van der Waals surface area (Å²) in [4.78, 5) is 12.5. The molecule has 0 fully saturated rings. The highest BCUT2D eigenvalue weighted by Crippen LogP contribution is 2.49. The fourth-order valence-corrected chi connectivity index (χ4v) is 6.70. The first kappa shape index (κ1) is 29.9. The molecule has 0 unspecified atom stereocenters. The van der Waals surface area contributed by atoms with Crippen molar-refractivity contribution in [3.63, 3.8) is 0 Å². The summed E-state index contributed by atoms with van der Waals surface area (Å²) in [5.74, 6) is 3.80. The monoisotopic (exact) mass is 631 g/mol. The SMILES string of the molecule is C/C=C\C(=C/C)B(C)Oc1cc2c3cc4c(cc3c3cc5c(cc3c2cc1C(C)C)OB(c1ccccc1)O5)ON(c1ccccc1)O4. The van der Waals surface area contributed by atoms with E-state index in [1.54, 1.807) is 0 Å². The number of hydrogen-bond donors (Lipinski definition) is 0. The summed E-state index contributed by atoms with van der Waals surface area (Å²) in [5.41, 5.74) is 4.03. The number of rotatable bonds is 7. The van der Waals surface area contributed by atoms with Crippen LogP contribution in [0, 0.1) is 0 Å². The molecule has 6 aromatic carbocycles. The summed E-state index contributed by atoms with van der Waals surface area (Å²) < 4.78 is 19.6. The molecule has 0 atom stereocenters. The first-order valence-corrected chi connectivity index (χ1v) is 16.5. The molecule has 0 bridgehead atoms. The van der Waals surface area contributed by atoms with Gasteiger partial charge < -0.3 is 23.6 Å². The first-order valence-electron chi connectivity index (χ1n) is 16.5. The zero-order valence-corrected chi connectivity index (χ0v) is 27.7. The zero-order valence-electron chi connectivity index (χ0n) is 27.7. The normalized spacial score (nSPS) is 13.9. The van der Waals surface area contributed by atoms with Gasteiger partial charge in [0.15, 0.2) is 0 Å². The Morgan fingerprint density at radius 3 is 1.77 bits per heavy atom. The van der Waals surface area contributed by atoms with Gasteiger partial charge in [0.25, 0.3) is 0 Å². The third-order valence-corrected chi connectivity index (χ3v) is 9.15. The zero-order chi connectivity index (χ0) is 32.9. The van der Waals surface area contributed by atoms with Crippen molar-refractivity contribution in [3.8, 4) is 28.7 Å². The van der Waals surface area contributed by atoms with Crippen LogP contribution in [0.3, 0.4) is 0 Å². The average molecular weight is 631 g/mol. The molecule has 0 saturated carbocycles. The van der Waals surface area contributed by atoms with Crippen LogP contribution in [0.4, 0.5) is 5.69 Å². The van der Waals surface area contributed by atoms with Gasteiger partial charge in [0, 0.05) is 5.46 Å². The molecule has 2 aliphatic rings. The molecule has 2 heterocycles. The van der Waals surface area contributed by atoms with Crippen molar-refractivity contribution in [2.24, 2.45) is 0 Å². The number of benzene rings is 6. The molecule has 6 nitrogen and oxygen atoms in total. The molecule has 236 valence electrons. The largest absolute Gasteiger partial charge is 0.632 e. The van der Waals surface area contributed by atoms with Crippen LogP contribution in [0.2, 0.25) is 6.82 Å². The van der Waals surface area contributed by atoms with E-state index in [0.717, 1.165) is 66.0 Å². The van der Waals surface area contributed by atoms with Gasteiger partial charge in [0.2, 0.25) is 11.5 Å². The standard InChI is InChI=1S/C40H35B2NO5/c1-6-14-26(7-2)41(5)44-36-20-31-30(19-29(36)25(3)4)32-21-37-38(46-42(45-37)27-15-10-8-11-16-27)22-33(32)35-24-40-39(23-34(31)35)47-43(48-40)28-17-12-9-13-18-28/h6-25H,1-5H3/b14-6-,26-7+. The Hall–Kier alpha value is -5.49. The highest BCUT2D eigenvalue weighted by Gasteiger charge is 2.35. The Kier molecular flexibility index (Phi) is 7.44. The summed E-state index contributed by atoms with van der Waals surface area (Å²) in [5, 5.41) is 7.77. The van der Waals surface area contributed by atoms with E-state index in [9.17, 15) is 0 Å². The van der Waals surface area contributed by atoms with Gasteiger partial charge in [-0.15, -0.1) is 0 Å². The summed E-state index contributed by atoms with van der Waals surface area (Å²) in [6.07, 6.45) is 6.26. The van der Waals surface area contributed by atoms with Gasteiger partial charge >= 0.3 is 14.0 Å². The Bertz CT molecular complexity index is 2250. The molecule has 2 aliphatic heterocycles. The van der Waals surface area contributed by atoms with Crippen molar-refractivity contribution >= 4 is 57.5 Å². The van der Waals surface area contributed by atoms with Crippen LogP contribution in [-0.2, 0) is 0 Å². The lowest BCUT2D eigenvalue weighted by atomic mass is 9.62. The molecule has 0 aromatic heterocycles. The Balaban J connectivity index is 1.35. The molecular weight excluding hydrogens is 596 g/mol. The van der Waals surface area contributed by atoms with E-state index in [2.05, 4.69) is 69.2 Å². The van der Waals surface area contributed by atoms with Crippen LogP contribution < -0.4 is 34.3 Å². The highest BCUT2D eigenvalue weighted by atomic mass is 17.0. The summed E-state index contributed by atoms with van der Waals surface area (Å²) in [6, 6.07) is 32.6. The van der Waals surface area contributed by atoms with Gasteiger partial charge in [-0.2, -0.15) is 0 Å². The predicted molar refractivity (Wildman–Crippen MR) is 197 cm³/mol. The molecule has 0 N–H and O–H groups in total. The maximum Gasteiger partial charge on any atom is 0.632 e. The fraction of sp³-hybridized carbons (Fsp3) is 0.150.